The van der Waals surface area contributed by atoms with Gasteiger partial charge in [0.05, 0.1) is 5.02 Å². The average Bonchev–Trinajstić information content (AvgIpc) is 3.23. The molecule has 24 heavy (non-hydrogen) atoms. The smallest absolute Gasteiger partial charge is 0.265 e. The summed E-state index contributed by atoms with van der Waals surface area (Å²) in [5, 5.41) is 5.73. The Hall–Kier alpha value is -1.15. The predicted octanol–water partition coefficient (Wildman–Crippen LogP) is 1.61. The van der Waals surface area contributed by atoms with Crippen LogP contribution in [-0.2, 0) is 10.0 Å². The van der Waals surface area contributed by atoms with E-state index in [1.54, 1.807) is 0 Å². The zero-order valence-corrected chi connectivity index (χ0v) is 14.3. The lowest BCUT2D eigenvalue weighted by Crippen LogP contribution is -2.41. The van der Waals surface area contributed by atoms with Gasteiger partial charge in [0.1, 0.15) is 4.90 Å². The molecule has 3 N–H and O–H groups in total. The Kier molecular flexibility index (Phi) is 2.90. The molecule has 4 atom stereocenters. The van der Waals surface area contributed by atoms with Gasteiger partial charge in [-0.15, -0.1) is 0 Å². The number of nitrogens with two attached hydrogens (primary N) is 1. The zero-order valence-electron chi connectivity index (χ0n) is 16.7. The molecule has 130 valence electrons. The van der Waals surface area contributed by atoms with Crippen molar-refractivity contribution < 1.29 is 18.7 Å². The third kappa shape index (κ3) is 2.73. The van der Waals surface area contributed by atoms with E-state index in [9.17, 15) is 13.2 Å². The molecular formula is C16H20ClN3O3S. The highest BCUT2D eigenvalue weighted by atomic mass is 35.5. The minimum Gasteiger partial charge on any atom is -0.285 e. The van der Waals surface area contributed by atoms with Gasteiger partial charge in [0, 0.05) is 24.0 Å². The number of sulfonamides is 1. The molecule has 2 saturated carbocycles. The molecule has 0 aromatic heterocycles. The van der Waals surface area contributed by atoms with Gasteiger partial charge in [-0.3, -0.25) is 10.2 Å². The molecule has 0 unspecified atom stereocenters. The van der Waals surface area contributed by atoms with Crippen LogP contribution in [0, 0.1) is 23.7 Å². The molecule has 2 aliphatic carbocycles. The lowest BCUT2D eigenvalue weighted by Gasteiger charge is -2.22. The Morgan fingerprint density at radius 1 is 1.29 bits per heavy atom. The number of nitrogens with one attached hydrogen (secondary N) is 1. The fourth-order valence-corrected chi connectivity index (χ4v) is 5.16. The van der Waals surface area contributed by atoms with Crippen molar-refractivity contribution in [3.63, 3.8) is 0 Å². The van der Waals surface area contributed by atoms with Crippen LogP contribution in [-0.4, -0.2) is 32.3 Å². The second-order valence-corrected chi connectivity index (χ2v) is 8.55. The number of hydrazine groups is 1. The maximum atomic E-state index is 12.7. The van der Waals surface area contributed by atoms with Crippen molar-refractivity contribution in [2.75, 3.05) is 13.0 Å². The Morgan fingerprint density at radius 3 is 2.50 bits per heavy atom. The third-order valence-corrected chi connectivity index (χ3v) is 6.58. The molecule has 1 aromatic carbocycles. The van der Waals surface area contributed by atoms with E-state index < -0.39 is 45.7 Å². The van der Waals surface area contributed by atoms with E-state index in [4.69, 9.17) is 22.2 Å². The van der Waals surface area contributed by atoms with Crippen LogP contribution in [0.25, 0.3) is 0 Å². The first-order chi connectivity index (χ1) is 12.8. The number of nitrogens with zero attached hydrogens (tertiary/aromatic N) is 1. The first-order valence-electron chi connectivity index (χ1n) is 9.79. The number of amides is 1. The van der Waals surface area contributed by atoms with Crippen LogP contribution in [0.15, 0.2) is 23.1 Å². The Morgan fingerprint density at radius 2 is 1.92 bits per heavy atom. The van der Waals surface area contributed by atoms with Gasteiger partial charge < -0.3 is 0 Å². The molecule has 2 bridgehead atoms. The molecular weight excluding hydrogens is 350 g/mol. The van der Waals surface area contributed by atoms with Gasteiger partial charge >= 0.3 is 0 Å². The highest BCUT2D eigenvalue weighted by molar-refractivity contribution is 7.89. The van der Waals surface area contributed by atoms with Gasteiger partial charge in [-0.1, -0.05) is 11.6 Å². The number of hydrogen-bond donors (Lipinski definition) is 2. The largest absolute Gasteiger partial charge is 0.285 e. The summed E-state index contributed by atoms with van der Waals surface area (Å²) in [4.78, 5) is 12.3. The van der Waals surface area contributed by atoms with Crippen LogP contribution >= 0.6 is 11.6 Å². The number of primary sulfonamides is 1. The Balaban J connectivity index is 1.65. The van der Waals surface area contributed by atoms with E-state index in [1.807, 2.05) is 0 Å². The fourth-order valence-electron chi connectivity index (χ4n) is 4.09. The summed E-state index contributed by atoms with van der Waals surface area (Å²) < 4.78 is 57.3. The lowest BCUT2D eigenvalue weighted by atomic mass is 9.82. The Labute approximate surface area is 152 Å². The summed E-state index contributed by atoms with van der Waals surface area (Å²) in [5.41, 5.74) is 2.23. The van der Waals surface area contributed by atoms with Crippen molar-refractivity contribution in [3.8, 4) is 0 Å². The van der Waals surface area contributed by atoms with Crippen LogP contribution < -0.4 is 10.6 Å². The number of hydrogen-bond acceptors (Lipinski definition) is 4. The number of carbonyl (C=O) groups excluding carboxylic acids is 1. The van der Waals surface area contributed by atoms with E-state index in [0.717, 1.165) is 30.3 Å². The van der Waals surface area contributed by atoms with Crippen molar-refractivity contribution >= 4 is 27.5 Å². The molecule has 3 fully saturated rings. The summed E-state index contributed by atoms with van der Waals surface area (Å²) in [6.45, 7) is -4.11. The highest BCUT2D eigenvalue weighted by Crippen LogP contribution is 2.54. The number of carbonyl (C=O) groups is 1. The number of fused-ring (bicyclic) bond motifs is 5. The molecule has 6 nitrogen and oxygen atoms in total. The van der Waals surface area contributed by atoms with Gasteiger partial charge in [-0.05, 0) is 61.1 Å². The minimum absolute atomic E-state index is 0.103. The molecule has 8 heteroatoms. The Bertz CT molecular complexity index is 930. The predicted molar refractivity (Wildman–Crippen MR) is 89.7 cm³/mol. The van der Waals surface area contributed by atoms with Crippen LogP contribution in [0.1, 0.15) is 35.1 Å². The molecule has 1 heterocycles. The number of benzene rings is 1. The summed E-state index contributed by atoms with van der Waals surface area (Å²) in [5.74, 6) is -1.61. The van der Waals surface area contributed by atoms with Crippen LogP contribution in [0.5, 0.6) is 0 Å². The summed E-state index contributed by atoms with van der Waals surface area (Å²) in [6.07, 6.45) is 2.57. The SMILES string of the molecule is [2H]C1([2H])[C@@H]2[C@@H]3CC[C@@H](C3)[C@@H]2C([2H])([2H])N1NC(=O)c1ccc(Cl)c(S(N)(=O)=O)c1. The van der Waals surface area contributed by atoms with E-state index in [0.29, 0.717) is 0 Å². The average molecular weight is 374 g/mol. The highest BCUT2D eigenvalue weighted by Gasteiger charge is 2.51. The standard InChI is InChI=1S/C16H20ClN3O3S/c17-14-4-3-11(6-15(14)24(18,22)23)16(21)19-20-7-12-9-1-2-10(5-9)13(12)8-20/h3-4,6,9-10,12-13H,1-2,5,7-8H2,(H,19,21)(H2,18,22,23)/t9-,10+,12-,13+/i7D2,8D2. The third-order valence-electron chi connectivity index (χ3n) is 5.19. The van der Waals surface area contributed by atoms with E-state index in [-0.39, 0.29) is 22.4 Å². The number of halogens is 1. The van der Waals surface area contributed by atoms with E-state index >= 15 is 0 Å². The van der Waals surface area contributed by atoms with Gasteiger partial charge in [-0.25, -0.2) is 18.6 Å². The lowest BCUT2D eigenvalue weighted by molar-refractivity contribution is 0.0809. The van der Waals surface area contributed by atoms with Crippen molar-refractivity contribution in [3.05, 3.63) is 28.8 Å². The van der Waals surface area contributed by atoms with Gasteiger partial charge in [0.15, 0.2) is 0 Å². The summed E-state index contributed by atoms with van der Waals surface area (Å²) >= 11 is 5.83. The van der Waals surface area contributed by atoms with Crippen molar-refractivity contribution in [1.82, 2.24) is 10.4 Å². The van der Waals surface area contributed by atoms with Crippen molar-refractivity contribution in [2.24, 2.45) is 28.8 Å². The monoisotopic (exact) mass is 373 g/mol. The first kappa shape index (κ1) is 12.2. The summed E-state index contributed by atoms with van der Waals surface area (Å²) in [7, 11) is -4.15. The molecule has 3 aliphatic rings. The zero-order chi connectivity index (χ0) is 20.6. The summed E-state index contributed by atoms with van der Waals surface area (Å²) in [6, 6.07) is 3.48. The van der Waals surface area contributed by atoms with Gasteiger partial charge in [0.25, 0.3) is 5.91 Å². The minimum atomic E-state index is -4.15. The fraction of sp³-hybridized carbons (Fsp3) is 0.562. The van der Waals surface area contributed by atoms with Gasteiger partial charge in [0.2, 0.25) is 10.0 Å². The maximum absolute atomic E-state index is 12.7. The van der Waals surface area contributed by atoms with Crippen molar-refractivity contribution in [2.45, 2.75) is 24.2 Å². The molecule has 1 saturated heterocycles. The molecule has 0 radical (unpaired) electrons. The first-order valence-corrected chi connectivity index (χ1v) is 9.71. The second kappa shape index (κ2) is 5.69. The second-order valence-electron chi connectivity index (χ2n) is 6.61. The van der Waals surface area contributed by atoms with Gasteiger partial charge in [-0.2, -0.15) is 0 Å². The van der Waals surface area contributed by atoms with Crippen molar-refractivity contribution in [1.29, 1.82) is 0 Å². The molecule has 4 rings (SSSR count). The number of rotatable bonds is 3. The maximum Gasteiger partial charge on any atom is 0.265 e. The molecule has 0 spiro atoms. The molecule has 1 amide bonds. The van der Waals surface area contributed by atoms with E-state index in [1.165, 1.54) is 12.1 Å². The molecule has 1 aromatic rings. The van der Waals surface area contributed by atoms with Crippen LogP contribution in [0.3, 0.4) is 0 Å². The molecule has 1 aliphatic heterocycles. The van der Waals surface area contributed by atoms with E-state index in [2.05, 4.69) is 5.43 Å². The topological polar surface area (TPSA) is 92.5 Å². The van der Waals surface area contributed by atoms with Crippen LogP contribution in [0.2, 0.25) is 5.02 Å². The normalized spacial score (nSPS) is 38.8. The quantitative estimate of drug-likeness (QED) is 0.841. The van der Waals surface area contributed by atoms with Crippen LogP contribution in [0.4, 0.5) is 0 Å².